The molecule has 0 unspecified atom stereocenters. The predicted octanol–water partition coefficient (Wildman–Crippen LogP) is 2.79. The normalized spacial score (nSPS) is 8.25. The van der Waals surface area contributed by atoms with Crippen LogP contribution in [0, 0.1) is 27.7 Å². The quantitative estimate of drug-likeness (QED) is 0.481. The summed E-state index contributed by atoms with van der Waals surface area (Å²) in [6, 6.07) is 4.23. The number of rotatable bonds is 0. The third-order valence-corrected chi connectivity index (χ3v) is 1.99. The van der Waals surface area contributed by atoms with Gasteiger partial charge in [0.1, 0.15) is 0 Å². The minimum atomic E-state index is 0. The Hall–Kier alpha value is 0.467. The molecule has 0 nitrogen and oxygen atoms in total. The summed E-state index contributed by atoms with van der Waals surface area (Å²) >= 11 is 0. The van der Waals surface area contributed by atoms with Crippen molar-refractivity contribution in [1.29, 1.82) is 0 Å². The molecule has 1 aromatic carbocycles. The average Bonchev–Trinajstić information content (AvgIpc) is 1.82. The molecular weight excluding hydrogens is 488 g/mol. The Kier molecular flexibility index (Phi) is 7.48. The molecule has 0 heterocycles. The van der Waals surface area contributed by atoms with Crippen LogP contribution >= 0.6 is 0 Å². The van der Waals surface area contributed by atoms with E-state index in [9.17, 15) is 0 Å². The maximum atomic E-state index is 3.88. The van der Waals surface area contributed by atoms with Gasteiger partial charge in [-0.1, -0.05) is 19.4 Å². The molecule has 0 spiro atoms. The van der Waals surface area contributed by atoms with Crippen LogP contribution in [0.4, 0.5) is 0 Å². The van der Waals surface area contributed by atoms with Crippen LogP contribution in [0.3, 0.4) is 0 Å². The van der Waals surface area contributed by atoms with Crippen molar-refractivity contribution in [3.8, 4) is 0 Å². The first-order chi connectivity index (χ1) is 4.61. The Morgan fingerprint density at radius 1 is 0.917 bits per heavy atom. The molecule has 0 atom stereocenters. The molecule has 0 radical (unpaired) electrons. The van der Waals surface area contributed by atoms with Gasteiger partial charge in [0.05, 0.1) is 0 Å². The van der Waals surface area contributed by atoms with E-state index in [0.717, 1.165) is 5.56 Å². The smallest absolute Gasteiger partial charge is 0 e. The molecule has 0 aliphatic rings. The summed E-state index contributed by atoms with van der Waals surface area (Å²) in [4.78, 5) is 0. The van der Waals surface area contributed by atoms with E-state index in [-0.39, 0.29) is 42.1 Å². The van der Waals surface area contributed by atoms with Crippen molar-refractivity contribution in [2.24, 2.45) is 0 Å². The molecule has 0 aliphatic carbocycles. The summed E-state index contributed by atoms with van der Waals surface area (Å²) < 4.78 is 0. The number of aryl methyl sites for hydroxylation is 2. The van der Waals surface area contributed by atoms with Gasteiger partial charge < -0.3 is 0 Å². The maximum Gasteiger partial charge on any atom is 0 e. The summed E-state index contributed by atoms with van der Waals surface area (Å²) in [6.07, 6.45) is 0. The molecule has 0 bridgehead atoms. The molecule has 0 aliphatic heterocycles. The third kappa shape index (κ3) is 3.46. The summed E-state index contributed by atoms with van der Waals surface area (Å²) in [5.41, 5.74) is 5.17. The van der Waals surface area contributed by atoms with E-state index in [1.807, 2.05) is 0 Å². The fourth-order valence-electron chi connectivity index (χ4n) is 1.13. The van der Waals surface area contributed by atoms with E-state index >= 15 is 0 Å². The molecule has 2 heteroatoms. The second-order valence-corrected chi connectivity index (χ2v) is 2.85. The third-order valence-electron chi connectivity index (χ3n) is 1.99. The first-order valence-electron chi connectivity index (χ1n) is 3.51. The van der Waals surface area contributed by atoms with Crippen molar-refractivity contribution in [2.45, 2.75) is 20.8 Å². The zero-order chi connectivity index (χ0) is 7.72. The molecule has 0 fully saturated rings. The van der Waals surface area contributed by atoms with E-state index < -0.39 is 0 Å². The van der Waals surface area contributed by atoms with E-state index in [2.05, 4.69) is 39.8 Å². The topological polar surface area (TPSA) is 0 Å². The first-order valence-corrected chi connectivity index (χ1v) is 3.51. The Morgan fingerprint density at radius 2 is 1.25 bits per heavy atom. The van der Waals surface area contributed by atoms with Crippen LogP contribution in [0.2, 0.25) is 0 Å². The minimum Gasteiger partial charge on any atom is -0.199 e. The van der Waals surface area contributed by atoms with Crippen LogP contribution in [0.5, 0.6) is 0 Å². The zero-order valence-corrected chi connectivity index (χ0v) is 13.5. The van der Waals surface area contributed by atoms with Gasteiger partial charge in [0, 0.05) is 42.1 Å². The van der Waals surface area contributed by atoms with Gasteiger partial charge in [0.15, 0.2) is 0 Å². The van der Waals surface area contributed by atoms with Gasteiger partial charge in [-0.15, -0.1) is 11.1 Å². The van der Waals surface area contributed by atoms with Gasteiger partial charge in [-0.3, -0.25) is 0 Å². The monoisotopic (exact) mass is 501 g/mol. The maximum absolute atomic E-state index is 3.88. The SMILES string of the molecule is [CH2-]c1cc(C)c(C)c(C)c1.[W].[W]. The summed E-state index contributed by atoms with van der Waals surface area (Å²) in [5.74, 6) is 0. The predicted molar refractivity (Wildman–Crippen MR) is 45.1 cm³/mol. The molecule has 66 valence electrons. The fraction of sp³-hybridized carbons (Fsp3) is 0.300. The fourth-order valence-corrected chi connectivity index (χ4v) is 1.13. The van der Waals surface area contributed by atoms with Gasteiger partial charge in [0.25, 0.3) is 0 Å². The molecule has 0 saturated carbocycles. The molecule has 0 amide bonds. The van der Waals surface area contributed by atoms with Gasteiger partial charge in [-0.25, -0.2) is 0 Å². The molecular formula is C10H13W2-. The standard InChI is InChI=1S/C10H13.2W/c1-7-5-8(2)10(4)9(3)6-7;;/h5-6H,1H2,2-4H3;;/q-1;;. The van der Waals surface area contributed by atoms with Gasteiger partial charge >= 0.3 is 0 Å². The van der Waals surface area contributed by atoms with Crippen LogP contribution in [0.1, 0.15) is 22.3 Å². The van der Waals surface area contributed by atoms with Gasteiger partial charge in [0.2, 0.25) is 0 Å². The van der Waals surface area contributed by atoms with Crippen LogP contribution in [0.15, 0.2) is 12.1 Å². The number of hydrogen-bond acceptors (Lipinski definition) is 0. The zero-order valence-electron chi connectivity index (χ0n) is 7.68. The first kappa shape index (κ1) is 15.0. The van der Waals surface area contributed by atoms with Crippen LogP contribution in [-0.2, 0) is 42.1 Å². The van der Waals surface area contributed by atoms with E-state index in [4.69, 9.17) is 0 Å². The van der Waals surface area contributed by atoms with Gasteiger partial charge in [-0.2, -0.15) is 24.6 Å². The van der Waals surface area contributed by atoms with Crippen molar-refractivity contribution < 1.29 is 42.1 Å². The summed E-state index contributed by atoms with van der Waals surface area (Å²) in [7, 11) is 0. The number of benzene rings is 1. The van der Waals surface area contributed by atoms with E-state index in [1.54, 1.807) is 0 Å². The van der Waals surface area contributed by atoms with E-state index in [1.165, 1.54) is 16.7 Å². The second kappa shape index (κ2) is 6.00. The van der Waals surface area contributed by atoms with E-state index in [0.29, 0.717) is 0 Å². The Labute approximate surface area is 104 Å². The Bertz CT molecular complexity index is 231. The van der Waals surface area contributed by atoms with Crippen LogP contribution in [0.25, 0.3) is 0 Å². The van der Waals surface area contributed by atoms with Crippen molar-refractivity contribution >= 4 is 0 Å². The van der Waals surface area contributed by atoms with Crippen molar-refractivity contribution in [3.05, 3.63) is 41.3 Å². The molecule has 1 rings (SSSR count). The van der Waals surface area contributed by atoms with Crippen molar-refractivity contribution in [2.75, 3.05) is 0 Å². The van der Waals surface area contributed by atoms with Crippen molar-refractivity contribution in [1.82, 2.24) is 0 Å². The van der Waals surface area contributed by atoms with Crippen LogP contribution < -0.4 is 0 Å². The molecule has 1 aromatic rings. The minimum absolute atomic E-state index is 0. The molecule has 0 saturated heterocycles. The molecule has 0 N–H and O–H groups in total. The second-order valence-electron chi connectivity index (χ2n) is 2.85. The molecule has 0 aromatic heterocycles. The Morgan fingerprint density at radius 3 is 1.58 bits per heavy atom. The average molecular weight is 501 g/mol. The summed E-state index contributed by atoms with van der Waals surface area (Å²) in [6.45, 7) is 10.3. The Balaban J connectivity index is 0. The summed E-state index contributed by atoms with van der Waals surface area (Å²) in [5, 5.41) is 0. The largest absolute Gasteiger partial charge is 0.199 e. The molecule has 12 heavy (non-hydrogen) atoms. The van der Waals surface area contributed by atoms with Gasteiger partial charge in [-0.05, 0) is 6.92 Å². The van der Waals surface area contributed by atoms with Crippen molar-refractivity contribution in [3.63, 3.8) is 0 Å². The number of hydrogen-bond donors (Lipinski definition) is 0. The van der Waals surface area contributed by atoms with Crippen LogP contribution in [-0.4, -0.2) is 0 Å².